The summed E-state index contributed by atoms with van der Waals surface area (Å²) in [5.74, 6) is -0.402. The average molecular weight is 272 g/mol. The van der Waals surface area contributed by atoms with Gasteiger partial charge in [0.2, 0.25) is 5.91 Å². The van der Waals surface area contributed by atoms with Crippen LogP contribution in [0.4, 0.5) is 4.79 Å². The summed E-state index contributed by atoms with van der Waals surface area (Å²) in [6.07, 6.45) is 0.475. The second-order valence-electron chi connectivity index (χ2n) is 5.23. The minimum absolute atomic E-state index is 0.402. The van der Waals surface area contributed by atoms with Gasteiger partial charge in [-0.15, -0.1) is 6.58 Å². The maximum absolute atomic E-state index is 11.9. The lowest BCUT2D eigenvalue weighted by atomic mass is 10.1. The summed E-state index contributed by atoms with van der Waals surface area (Å²) in [6, 6.07) is -0.943. The third kappa shape index (κ3) is 8.20. The van der Waals surface area contributed by atoms with Crippen molar-refractivity contribution in [1.82, 2.24) is 10.6 Å². The SMILES string of the molecule is C=CCCNC(=O)[C@@H](NC(=O)O)[C@@H](C)OC(C)(C)C. The van der Waals surface area contributed by atoms with E-state index in [1.807, 2.05) is 20.8 Å². The van der Waals surface area contributed by atoms with Crippen molar-refractivity contribution in [3.63, 3.8) is 0 Å². The number of hydrogen-bond donors (Lipinski definition) is 3. The van der Waals surface area contributed by atoms with Crippen molar-refractivity contribution >= 4 is 12.0 Å². The molecule has 2 amide bonds. The number of carbonyl (C=O) groups excluding carboxylic acids is 1. The minimum Gasteiger partial charge on any atom is -0.465 e. The molecule has 0 radical (unpaired) electrons. The first-order valence-corrected chi connectivity index (χ1v) is 6.23. The van der Waals surface area contributed by atoms with Crippen LogP contribution in [0.25, 0.3) is 0 Å². The van der Waals surface area contributed by atoms with Crippen molar-refractivity contribution in [2.24, 2.45) is 0 Å². The Morgan fingerprint density at radius 3 is 2.42 bits per heavy atom. The molecule has 0 aromatic carbocycles. The van der Waals surface area contributed by atoms with E-state index >= 15 is 0 Å². The van der Waals surface area contributed by atoms with Gasteiger partial charge in [-0.3, -0.25) is 4.79 Å². The van der Waals surface area contributed by atoms with Gasteiger partial charge in [-0.05, 0) is 34.1 Å². The topological polar surface area (TPSA) is 87.7 Å². The highest BCUT2D eigenvalue weighted by Crippen LogP contribution is 2.13. The van der Waals surface area contributed by atoms with Crippen LogP contribution in [0.1, 0.15) is 34.1 Å². The van der Waals surface area contributed by atoms with Gasteiger partial charge < -0.3 is 20.5 Å². The van der Waals surface area contributed by atoms with Crippen LogP contribution >= 0.6 is 0 Å². The van der Waals surface area contributed by atoms with Gasteiger partial charge in [0.1, 0.15) is 6.04 Å². The fourth-order valence-electron chi connectivity index (χ4n) is 1.56. The van der Waals surface area contributed by atoms with Crippen LogP contribution in [0.2, 0.25) is 0 Å². The van der Waals surface area contributed by atoms with E-state index in [-0.39, 0.29) is 0 Å². The van der Waals surface area contributed by atoms with Gasteiger partial charge in [0.25, 0.3) is 0 Å². The largest absolute Gasteiger partial charge is 0.465 e. The molecule has 2 atom stereocenters. The summed E-state index contributed by atoms with van der Waals surface area (Å²) < 4.78 is 5.62. The Hall–Kier alpha value is -1.56. The maximum Gasteiger partial charge on any atom is 0.405 e. The molecule has 0 aliphatic carbocycles. The molecule has 6 nitrogen and oxygen atoms in total. The van der Waals surface area contributed by atoms with Crippen molar-refractivity contribution in [3.05, 3.63) is 12.7 Å². The van der Waals surface area contributed by atoms with Crippen molar-refractivity contribution in [2.75, 3.05) is 6.54 Å². The Labute approximate surface area is 114 Å². The molecule has 0 aromatic heterocycles. The van der Waals surface area contributed by atoms with Crippen LogP contribution in [-0.4, -0.2) is 41.4 Å². The first-order chi connectivity index (χ1) is 8.67. The fraction of sp³-hybridized carbons (Fsp3) is 0.692. The van der Waals surface area contributed by atoms with Gasteiger partial charge >= 0.3 is 6.09 Å². The summed E-state index contributed by atoms with van der Waals surface area (Å²) in [5, 5.41) is 13.6. The van der Waals surface area contributed by atoms with E-state index in [9.17, 15) is 9.59 Å². The van der Waals surface area contributed by atoms with E-state index in [4.69, 9.17) is 9.84 Å². The van der Waals surface area contributed by atoms with Crippen LogP contribution in [0.15, 0.2) is 12.7 Å². The minimum atomic E-state index is -1.26. The summed E-state index contributed by atoms with van der Waals surface area (Å²) in [7, 11) is 0. The zero-order valence-corrected chi connectivity index (χ0v) is 12.0. The molecule has 0 saturated carbocycles. The van der Waals surface area contributed by atoms with Crippen LogP contribution in [0.3, 0.4) is 0 Å². The molecule has 0 bridgehead atoms. The molecule has 0 aliphatic heterocycles. The van der Waals surface area contributed by atoms with Gasteiger partial charge in [-0.25, -0.2) is 4.79 Å². The predicted molar refractivity (Wildman–Crippen MR) is 73.1 cm³/mol. The molecule has 0 aromatic rings. The molecule has 0 fully saturated rings. The highest BCUT2D eigenvalue weighted by atomic mass is 16.5. The standard InChI is InChI=1S/C13H24N2O4/c1-6-7-8-14-11(16)10(15-12(17)18)9(2)19-13(3,4)5/h6,9-10,15H,1,7-8H2,2-5H3,(H,14,16)(H,17,18)/t9-,10+/m1/s1. The lowest BCUT2D eigenvalue weighted by Crippen LogP contribution is -2.54. The maximum atomic E-state index is 11.9. The highest BCUT2D eigenvalue weighted by Gasteiger charge is 2.30. The van der Waals surface area contributed by atoms with Crippen molar-refractivity contribution in [1.29, 1.82) is 0 Å². The third-order valence-electron chi connectivity index (χ3n) is 2.22. The molecule has 0 unspecified atom stereocenters. The van der Waals surface area contributed by atoms with Gasteiger partial charge in [0, 0.05) is 6.54 Å². The second-order valence-corrected chi connectivity index (χ2v) is 5.23. The van der Waals surface area contributed by atoms with E-state index in [1.165, 1.54) is 0 Å². The second kappa shape index (κ2) is 7.78. The van der Waals surface area contributed by atoms with Crippen molar-refractivity contribution in [2.45, 2.75) is 51.9 Å². The van der Waals surface area contributed by atoms with E-state index in [1.54, 1.807) is 13.0 Å². The first-order valence-electron chi connectivity index (χ1n) is 6.23. The Morgan fingerprint density at radius 1 is 1.42 bits per heavy atom. The Bertz CT molecular complexity index is 323. The van der Waals surface area contributed by atoms with E-state index in [2.05, 4.69) is 17.2 Å². The third-order valence-corrected chi connectivity index (χ3v) is 2.22. The summed E-state index contributed by atoms with van der Waals surface area (Å²) in [4.78, 5) is 22.7. The van der Waals surface area contributed by atoms with Gasteiger partial charge in [0.15, 0.2) is 0 Å². The monoisotopic (exact) mass is 272 g/mol. The summed E-state index contributed by atoms with van der Waals surface area (Å²) >= 11 is 0. The molecule has 110 valence electrons. The van der Waals surface area contributed by atoms with Crippen LogP contribution < -0.4 is 10.6 Å². The lowest BCUT2D eigenvalue weighted by molar-refractivity contribution is -0.130. The van der Waals surface area contributed by atoms with E-state index in [0.29, 0.717) is 13.0 Å². The number of nitrogens with one attached hydrogen (secondary N) is 2. The highest BCUT2D eigenvalue weighted by molar-refractivity contribution is 5.85. The zero-order valence-electron chi connectivity index (χ0n) is 12.0. The average Bonchev–Trinajstić information content (AvgIpc) is 2.23. The van der Waals surface area contributed by atoms with Gasteiger partial charge in [0.05, 0.1) is 11.7 Å². The number of hydrogen-bond acceptors (Lipinski definition) is 3. The predicted octanol–water partition coefficient (Wildman–Crippen LogP) is 1.52. The van der Waals surface area contributed by atoms with Crippen LogP contribution in [0.5, 0.6) is 0 Å². The molecule has 0 heterocycles. The number of amides is 2. The van der Waals surface area contributed by atoms with E-state index in [0.717, 1.165) is 0 Å². The number of carboxylic acid groups (broad SMARTS) is 1. The number of ether oxygens (including phenoxy) is 1. The quantitative estimate of drug-likeness (QED) is 0.484. The zero-order chi connectivity index (χ0) is 15.1. The molecule has 0 aliphatic rings. The molecule has 19 heavy (non-hydrogen) atoms. The Balaban J connectivity index is 4.64. The number of carbonyl (C=O) groups is 2. The van der Waals surface area contributed by atoms with Crippen molar-refractivity contribution in [3.8, 4) is 0 Å². The first kappa shape index (κ1) is 17.4. The van der Waals surface area contributed by atoms with Crippen LogP contribution in [-0.2, 0) is 9.53 Å². The Kier molecular flexibility index (Phi) is 7.14. The van der Waals surface area contributed by atoms with Crippen molar-refractivity contribution < 1.29 is 19.4 Å². The molecular formula is C13H24N2O4. The summed E-state index contributed by atoms with van der Waals surface area (Å²) in [6.45, 7) is 11.2. The molecular weight excluding hydrogens is 248 g/mol. The molecule has 0 spiro atoms. The van der Waals surface area contributed by atoms with Gasteiger partial charge in [-0.2, -0.15) is 0 Å². The molecule has 0 rings (SSSR count). The van der Waals surface area contributed by atoms with Crippen LogP contribution in [0, 0.1) is 0 Å². The lowest BCUT2D eigenvalue weighted by Gasteiger charge is -2.30. The van der Waals surface area contributed by atoms with Gasteiger partial charge in [-0.1, -0.05) is 6.08 Å². The molecule has 6 heteroatoms. The molecule has 3 N–H and O–H groups in total. The normalized spacial score (nSPS) is 14.3. The molecule has 0 saturated heterocycles. The van der Waals surface area contributed by atoms with E-state index < -0.39 is 29.7 Å². The Morgan fingerprint density at radius 2 is 2.00 bits per heavy atom. The summed E-state index contributed by atoms with van der Waals surface area (Å²) in [5.41, 5.74) is -0.459. The fourth-order valence-corrected chi connectivity index (χ4v) is 1.56. The smallest absolute Gasteiger partial charge is 0.405 e. The number of rotatable bonds is 7.